The average Bonchev–Trinajstić information content (AvgIpc) is 2.17. The fourth-order valence-electron chi connectivity index (χ4n) is 2.18. The van der Waals surface area contributed by atoms with E-state index in [2.05, 4.69) is 37.7 Å². The molecule has 1 fully saturated rings. The Hall–Kier alpha value is -0.120. The summed E-state index contributed by atoms with van der Waals surface area (Å²) in [5.74, 6) is 0.763. The summed E-state index contributed by atoms with van der Waals surface area (Å²) in [6.45, 7) is 7.96. The summed E-state index contributed by atoms with van der Waals surface area (Å²) >= 11 is 0. The second-order valence-corrected chi connectivity index (χ2v) is 5.62. The predicted molar refractivity (Wildman–Crippen MR) is 64.0 cm³/mol. The van der Waals surface area contributed by atoms with Crippen molar-refractivity contribution in [2.24, 2.45) is 5.92 Å². The Bertz CT molecular complexity index is 194. The lowest BCUT2D eigenvalue weighted by Crippen LogP contribution is -2.48. The van der Waals surface area contributed by atoms with E-state index in [1.165, 1.54) is 25.9 Å². The highest BCUT2D eigenvalue weighted by Gasteiger charge is 2.26. The number of hydrogen-bond donors (Lipinski definition) is 1. The lowest BCUT2D eigenvalue weighted by Gasteiger charge is -2.39. The van der Waals surface area contributed by atoms with Crippen molar-refractivity contribution in [3.8, 4) is 0 Å². The molecule has 1 heterocycles. The van der Waals surface area contributed by atoms with Crippen molar-refractivity contribution in [1.29, 1.82) is 0 Å². The maximum atomic E-state index is 9.29. The highest BCUT2D eigenvalue weighted by atomic mass is 16.3. The Morgan fingerprint density at radius 3 is 2.67 bits per heavy atom. The molecule has 1 aliphatic rings. The summed E-state index contributed by atoms with van der Waals surface area (Å²) in [5.41, 5.74) is -0.0873. The number of piperidine rings is 1. The first-order valence-corrected chi connectivity index (χ1v) is 5.96. The van der Waals surface area contributed by atoms with Gasteiger partial charge < -0.3 is 10.0 Å². The lowest BCUT2D eigenvalue weighted by molar-refractivity contribution is 0.0535. The summed E-state index contributed by atoms with van der Waals surface area (Å²) in [7, 11) is 4.31. The maximum absolute atomic E-state index is 9.29. The van der Waals surface area contributed by atoms with Gasteiger partial charge in [0.1, 0.15) is 0 Å². The second kappa shape index (κ2) is 5.28. The zero-order valence-electron chi connectivity index (χ0n) is 10.7. The Morgan fingerprint density at radius 2 is 2.13 bits per heavy atom. The van der Waals surface area contributed by atoms with Gasteiger partial charge in [0, 0.05) is 18.6 Å². The van der Waals surface area contributed by atoms with Gasteiger partial charge in [0.25, 0.3) is 0 Å². The van der Waals surface area contributed by atoms with Crippen molar-refractivity contribution in [1.82, 2.24) is 9.80 Å². The van der Waals surface area contributed by atoms with Crippen LogP contribution in [0.15, 0.2) is 0 Å². The molecular weight excluding hydrogens is 188 g/mol. The third-order valence-corrected chi connectivity index (χ3v) is 3.67. The van der Waals surface area contributed by atoms with Crippen LogP contribution in [0.2, 0.25) is 0 Å². The minimum atomic E-state index is -0.0873. The Labute approximate surface area is 94.1 Å². The van der Waals surface area contributed by atoms with Gasteiger partial charge in [0.15, 0.2) is 0 Å². The first-order valence-electron chi connectivity index (χ1n) is 5.96. The molecule has 1 saturated heterocycles. The largest absolute Gasteiger partial charge is 0.394 e. The van der Waals surface area contributed by atoms with Crippen molar-refractivity contribution >= 4 is 0 Å². The molecule has 15 heavy (non-hydrogen) atoms. The molecule has 1 atom stereocenters. The van der Waals surface area contributed by atoms with Gasteiger partial charge in [-0.1, -0.05) is 0 Å². The molecule has 90 valence electrons. The van der Waals surface area contributed by atoms with Gasteiger partial charge in [-0.3, -0.25) is 4.90 Å². The van der Waals surface area contributed by atoms with Crippen LogP contribution in [0.4, 0.5) is 0 Å². The first-order chi connectivity index (χ1) is 6.95. The predicted octanol–water partition coefficient (Wildman–Crippen LogP) is 1.03. The third-order valence-electron chi connectivity index (χ3n) is 3.67. The summed E-state index contributed by atoms with van der Waals surface area (Å²) in [5, 5.41) is 9.29. The Morgan fingerprint density at radius 1 is 1.47 bits per heavy atom. The van der Waals surface area contributed by atoms with Crippen molar-refractivity contribution in [3.63, 3.8) is 0 Å². The molecule has 0 bridgehead atoms. The zero-order chi connectivity index (χ0) is 11.5. The molecule has 1 unspecified atom stereocenters. The van der Waals surface area contributed by atoms with Crippen LogP contribution in [0.1, 0.15) is 26.7 Å². The minimum absolute atomic E-state index is 0.0873. The number of aliphatic hydroxyl groups is 1. The number of nitrogens with zero attached hydrogens (tertiary/aromatic N) is 2. The summed E-state index contributed by atoms with van der Waals surface area (Å²) in [6.07, 6.45) is 2.64. The van der Waals surface area contributed by atoms with Gasteiger partial charge in [-0.05, 0) is 53.2 Å². The lowest BCUT2D eigenvalue weighted by atomic mass is 9.95. The number of aliphatic hydroxyl groups excluding tert-OH is 1. The average molecular weight is 214 g/mol. The van der Waals surface area contributed by atoms with Gasteiger partial charge in [0.2, 0.25) is 0 Å². The van der Waals surface area contributed by atoms with E-state index in [-0.39, 0.29) is 12.1 Å². The Balaban J connectivity index is 2.40. The van der Waals surface area contributed by atoms with Gasteiger partial charge in [-0.2, -0.15) is 0 Å². The molecule has 0 radical (unpaired) electrons. The monoisotopic (exact) mass is 214 g/mol. The smallest absolute Gasteiger partial charge is 0.0609 e. The number of likely N-dealkylation sites (tertiary alicyclic amines) is 1. The van der Waals surface area contributed by atoms with E-state index in [4.69, 9.17) is 0 Å². The quantitative estimate of drug-likeness (QED) is 0.757. The van der Waals surface area contributed by atoms with Crippen molar-refractivity contribution in [3.05, 3.63) is 0 Å². The van der Waals surface area contributed by atoms with E-state index in [0.717, 1.165) is 12.5 Å². The van der Waals surface area contributed by atoms with E-state index in [1.807, 2.05) is 0 Å². The van der Waals surface area contributed by atoms with Crippen LogP contribution in [-0.2, 0) is 0 Å². The molecule has 0 aromatic heterocycles. The highest BCUT2D eigenvalue weighted by Crippen LogP contribution is 2.19. The molecule has 1 aliphatic heterocycles. The normalized spacial score (nSPS) is 24.8. The van der Waals surface area contributed by atoms with Crippen LogP contribution >= 0.6 is 0 Å². The van der Waals surface area contributed by atoms with Gasteiger partial charge in [0.05, 0.1) is 6.61 Å². The molecule has 1 N–H and O–H groups in total. The van der Waals surface area contributed by atoms with Crippen molar-refractivity contribution in [2.45, 2.75) is 32.2 Å². The standard InChI is InChI=1S/C12H26N2O/c1-12(2,10-15)14(4)9-11-6-5-7-13(3)8-11/h11,15H,5-10H2,1-4H3. The molecule has 0 saturated carbocycles. The van der Waals surface area contributed by atoms with E-state index in [1.54, 1.807) is 0 Å². The van der Waals surface area contributed by atoms with E-state index >= 15 is 0 Å². The molecule has 1 rings (SSSR count). The van der Waals surface area contributed by atoms with Crippen LogP contribution in [-0.4, -0.2) is 60.8 Å². The van der Waals surface area contributed by atoms with Gasteiger partial charge in [-0.15, -0.1) is 0 Å². The fourth-order valence-corrected chi connectivity index (χ4v) is 2.18. The molecule has 0 spiro atoms. The molecule has 0 aromatic rings. The first kappa shape index (κ1) is 12.9. The van der Waals surface area contributed by atoms with E-state index < -0.39 is 0 Å². The maximum Gasteiger partial charge on any atom is 0.0609 e. The van der Waals surface area contributed by atoms with Crippen LogP contribution < -0.4 is 0 Å². The molecular formula is C12H26N2O. The zero-order valence-corrected chi connectivity index (χ0v) is 10.7. The van der Waals surface area contributed by atoms with Crippen LogP contribution in [0.5, 0.6) is 0 Å². The van der Waals surface area contributed by atoms with Crippen molar-refractivity contribution < 1.29 is 5.11 Å². The summed E-state index contributed by atoms with van der Waals surface area (Å²) < 4.78 is 0. The van der Waals surface area contributed by atoms with Crippen LogP contribution in [0, 0.1) is 5.92 Å². The van der Waals surface area contributed by atoms with E-state index in [9.17, 15) is 5.11 Å². The van der Waals surface area contributed by atoms with Crippen molar-refractivity contribution in [2.75, 3.05) is 40.3 Å². The Kier molecular flexibility index (Phi) is 4.56. The SMILES string of the molecule is CN1CCCC(CN(C)C(C)(C)CO)C1. The van der Waals surface area contributed by atoms with Gasteiger partial charge >= 0.3 is 0 Å². The molecule has 0 amide bonds. The highest BCUT2D eigenvalue weighted by molar-refractivity contribution is 4.81. The molecule has 0 aromatic carbocycles. The topological polar surface area (TPSA) is 26.7 Å². The third kappa shape index (κ3) is 3.74. The molecule has 0 aliphatic carbocycles. The van der Waals surface area contributed by atoms with Crippen LogP contribution in [0.25, 0.3) is 0 Å². The number of likely N-dealkylation sites (N-methyl/N-ethyl adjacent to an activating group) is 1. The number of hydrogen-bond acceptors (Lipinski definition) is 3. The summed E-state index contributed by atoms with van der Waals surface area (Å²) in [4.78, 5) is 4.70. The molecule has 3 heteroatoms. The van der Waals surface area contributed by atoms with E-state index in [0.29, 0.717) is 0 Å². The van der Waals surface area contributed by atoms with Crippen LogP contribution in [0.3, 0.4) is 0 Å². The second-order valence-electron chi connectivity index (χ2n) is 5.62. The fraction of sp³-hybridized carbons (Fsp3) is 1.00. The number of rotatable bonds is 4. The minimum Gasteiger partial charge on any atom is -0.394 e. The molecule has 3 nitrogen and oxygen atoms in total. The van der Waals surface area contributed by atoms with Gasteiger partial charge in [-0.25, -0.2) is 0 Å². The summed E-state index contributed by atoms with van der Waals surface area (Å²) in [6, 6.07) is 0.